The number of anilines is 3. The number of alkyl halides is 3. The molecule has 5 aromatic rings. The third kappa shape index (κ3) is 6.76. The van der Waals surface area contributed by atoms with E-state index in [0.29, 0.717) is 69.0 Å². The van der Waals surface area contributed by atoms with Gasteiger partial charge in [-0.25, -0.2) is 0 Å². The number of hydrogen-bond donors (Lipinski definition) is 1. The molecule has 0 aliphatic carbocycles. The zero-order valence-corrected chi connectivity index (χ0v) is 26.8. The summed E-state index contributed by atoms with van der Waals surface area (Å²) in [5.74, 6) is 1.73. The summed E-state index contributed by atoms with van der Waals surface area (Å²) >= 11 is 12.7. The zero-order valence-electron chi connectivity index (χ0n) is 25.3. The van der Waals surface area contributed by atoms with Crippen molar-refractivity contribution in [3.05, 3.63) is 94.0 Å². The highest BCUT2D eigenvalue weighted by Gasteiger charge is 2.30. The van der Waals surface area contributed by atoms with Crippen LogP contribution in [0.2, 0.25) is 10.0 Å². The molecule has 0 atom stereocenters. The number of furan rings is 1. The molecule has 1 saturated heterocycles. The van der Waals surface area contributed by atoms with Gasteiger partial charge in [0.1, 0.15) is 23.3 Å². The maximum absolute atomic E-state index is 12.9. The van der Waals surface area contributed by atoms with Crippen LogP contribution in [-0.4, -0.2) is 50.3 Å². The fourth-order valence-corrected chi connectivity index (χ4v) is 6.11. The lowest BCUT2D eigenvalue weighted by Gasteiger charge is -2.35. The first-order valence-electron chi connectivity index (χ1n) is 14.5. The number of benzene rings is 3. The van der Waals surface area contributed by atoms with E-state index in [2.05, 4.69) is 26.2 Å². The molecule has 1 aliphatic heterocycles. The summed E-state index contributed by atoms with van der Waals surface area (Å²) in [6.07, 6.45) is -1.19. The van der Waals surface area contributed by atoms with Gasteiger partial charge in [-0.15, -0.1) is 0 Å². The maximum Gasteiger partial charge on any atom is 0.416 e. The van der Waals surface area contributed by atoms with Crippen LogP contribution in [0.15, 0.2) is 71.5 Å². The Balaban J connectivity index is 1.20. The molecule has 47 heavy (non-hydrogen) atoms. The molecule has 6 rings (SSSR count). The van der Waals surface area contributed by atoms with Crippen molar-refractivity contribution in [2.75, 3.05) is 50.6 Å². The van der Waals surface area contributed by atoms with Gasteiger partial charge in [-0.2, -0.15) is 18.4 Å². The average Bonchev–Trinajstić information content (AvgIpc) is 3.53. The van der Waals surface area contributed by atoms with E-state index >= 15 is 0 Å². The van der Waals surface area contributed by atoms with Crippen molar-refractivity contribution in [2.45, 2.75) is 12.7 Å². The number of piperazine rings is 1. The number of halogens is 5. The molecule has 0 unspecified atom stereocenters. The Bertz CT molecular complexity index is 1970. The highest BCUT2D eigenvalue weighted by molar-refractivity contribution is 6.37. The van der Waals surface area contributed by atoms with Gasteiger partial charge in [-0.05, 0) is 48.5 Å². The van der Waals surface area contributed by atoms with Crippen LogP contribution < -0.4 is 19.7 Å². The van der Waals surface area contributed by atoms with Crippen molar-refractivity contribution in [1.29, 1.82) is 5.26 Å². The van der Waals surface area contributed by atoms with Crippen LogP contribution in [-0.2, 0) is 12.7 Å². The summed E-state index contributed by atoms with van der Waals surface area (Å²) in [7, 11) is 3.07. The molecule has 0 spiro atoms. The van der Waals surface area contributed by atoms with E-state index in [4.69, 9.17) is 37.1 Å². The summed E-state index contributed by atoms with van der Waals surface area (Å²) in [5.41, 5.74) is 3.59. The highest BCUT2D eigenvalue weighted by atomic mass is 35.5. The van der Waals surface area contributed by atoms with E-state index < -0.39 is 11.7 Å². The smallest absolute Gasteiger partial charge is 0.416 e. The highest BCUT2D eigenvalue weighted by Crippen LogP contribution is 2.41. The summed E-state index contributed by atoms with van der Waals surface area (Å²) in [5, 5.41) is 14.5. The van der Waals surface area contributed by atoms with Crippen LogP contribution in [0.1, 0.15) is 16.9 Å². The normalized spacial score (nSPS) is 13.9. The molecule has 0 radical (unpaired) electrons. The Morgan fingerprint density at radius 1 is 0.957 bits per heavy atom. The first-order chi connectivity index (χ1) is 22.6. The van der Waals surface area contributed by atoms with Crippen molar-refractivity contribution < 1.29 is 27.1 Å². The number of ether oxygens (including phenoxy) is 2. The molecular weight excluding hydrogens is 654 g/mol. The van der Waals surface area contributed by atoms with Gasteiger partial charge in [0.15, 0.2) is 0 Å². The first kappa shape index (κ1) is 32.3. The molecule has 13 heteroatoms. The van der Waals surface area contributed by atoms with Crippen molar-refractivity contribution in [2.24, 2.45) is 0 Å². The Hall–Kier alpha value is -4.63. The molecule has 0 saturated carbocycles. The van der Waals surface area contributed by atoms with Crippen LogP contribution in [0.25, 0.3) is 22.0 Å². The van der Waals surface area contributed by atoms with E-state index in [1.54, 1.807) is 25.5 Å². The monoisotopic (exact) mass is 681 g/mol. The lowest BCUT2D eigenvalue weighted by atomic mass is 10.0. The fraction of sp³-hybridized carbons (Fsp3) is 0.235. The Morgan fingerprint density at radius 2 is 1.68 bits per heavy atom. The lowest BCUT2D eigenvalue weighted by Crippen LogP contribution is -2.45. The largest absolute Gasteiger partial charge is 0.496 e. The molecule has 8 nitrogen and oxygen atoms in total. The topological polar surface area (TPSA) is 86.8 Å². The molecular formula is C34H28Cl2F3N5O3. The predicted molar refractivity (Wildman–Crippen MR) is 176 cm³/mol. The van der Waals surface area contributed by atoms with Gasteiger partial charge in [0.05, 0.1) is 65.1 Å². The van der Waals surface area contributed by atoms with Gasteiger partial charge in [0.2, 0.25) is 0 Å². The number of nitriles is 1. The van der Waals surface area contributed by atoms with E-state index in [-0.39, 0.29) is 0 Å². The molecule has 1 aliphatic rings. The number of nitrogens with one attached hydrogen (secondary N) is 1. The van der Waals surface area contributed by atoms with Crippen LogP contribution in [0.5, 0.6) is 11.5 Å². The molecule has 242 valence electrons. The van der Waals surface area contributed by atoms with Crippen molar-refractivity contribution in [1.82, 2.24) is 9.88 Å². The summed E-state index contributed by atoms with van der Waals surface area (Å²) < 4.78 is 55.9. The second kappa shape index (κ2) is 13.2. The SMILES string of the molecule is COc1cc(Nc2c(C#N)cnc3cc(-c4coc(CN5CCN(c6ccc(C(F)(F)F)cc6)CC5)c4)c(OC)cc23)c(Cl)cc1Cl. The number of hydrogen-bond acceptors (Lipinski definition) is 8. The van der Waals surface area contributed by atoms with Crippen LogP contribution in [0.3, 0.4) is 0 Å². The lowest BCUT2D eigenvalue weighted by molar-refractivity contribution is -0.137. The number of pyridine rings is 1. The molecule has 0 bridgehead atoms. The van der Waals surface area contributed by atoms with E-state index in [1.165, 1.54) is 25.4 Å². The van der Waals surface area contributed by atoms with Crippen LogP contribution in [0.4, 0.5) is 30.2 Å². The number of methoxy groups -OCH3 is 2. The van der Waals surface area contributed by atoms with E-state index in [9.17, 15) is 18.4 Å². The third-order valence-electron chi connectivity index (χ3n) is 8.09. The van der Waals surface area contributed by atoms with E-state index in [1.807, 2.05) is 18.2 Å². The second-order valence-corrected chi connectivity index (χ2v) is 11.7. The minimum Gasteiger partial charge on any atom is -0.496 e. The number of nitrogens with zero attached hydrogens (tertiary/aromatic N) is 4. The van der Waals surface area contributed by atoms with Crippen molar-refractivity contribution in [3.63, 3.8) is 0 Å². The summed E-state index contributed by atoms with van der Waals surface area (Å²) in [6, 6.07) is 16.3. The molecule has 1 N–H and O–H groups in total. The Morgan fingerprint density at radius 3 is 2.34 bits per heavy atom. The van der Waals surface area contributed by atoms with Crippen LogP contribution in [0, 0.1) is 11.3 Å². The molecule has 0 amide bonds. The van der Waals surface area contributed by atoms with Gasteiger partial charge >= 0.3 is 6.18 Å². The van der Waals surface area contributed by atoms with Gasteiger partial charge in [-0.1, -0.05) is 23.2 Å². The molecule has 3 aromatic carbocycles. The molecule has 1 fully saturated rings. The van der Waals surface area contributed by atoms with E-state index in [0.717, 1.165) is 47.8 Å². The van der Waals surface area contributed by atoms with Gasteiger partial charge < -0.3 is 24.1 Å². The van der Waals surface area contributed by atoms with Crippen LogP contribution >= 0.6 is 23.2 Å². The van der Waals surface area contributed by atoms with Gasteiger partial charge in [0, 0.05) is 60.6 Å². The average molecular weight is 683 g/mol. The zero-order chi connectivity index (χ0) is 33.3. The number of rotatable bonds is 8. The minimum absolute atomic E-state index is 0.307. The summed E-state index contributed by atoms with van der Waals surface area (Å²) in [6.45, 7) is 3.37. The van der Waals surface area contributed by atoms with Crippen molar-refractivity contribution >= 4 is 51.2 Å². The minimum atomic E-state index is -4.35. The first-order valence-corrected chi connectivity index (χ1v) is 15.3. The van der Waals surface area contributed by atoms with Gasteiger partial charge in [-0.3, -0.25) is 9.88 Å². The third-order valence-corrected chi connectivity index (χ3v) is 8.70. The molecule has 3 heterocycles. The summed E-state index contributed by atoms with van der Waals surface area (Å²) in [4.78, 5) is 8.85. The second-order valence-electron chi connectivity index (χ2n) is 10.9. The standard InChI is InChI=1S/C34H28Cl2F3N5O3/c1-45-31-13-26-29(41-17-21(16-40)33(26)42-30-15-32(46-2)28(36)14-27(30)35)12-25(31)20-11-24(47-19-20)18-43-7-9-44(10-8-43)23-5-3-22(4-6-23)34(37,38)39/h3-6,11-15,17,19H,7-10,18H2,1-2H3,(H,41,42). The Kier molecular flexibility index (Phi) is 9.10. The fourth-order valence-electron chi connectivity index (χ4n) is 5.60. The van der Waals surface area contributed by atoms with Crippen molar-refractivity contribution in [3.8, 4) is 28.7 Å². The quantitative estimate of drug-likeness (QED) is 0.174. The predicted octanol–water partition coefficient (Wildman–Crippen LogP) is 8.78. The number of aromatic nitrogens is 1. The van der Waals surface area contributed by atoms with Gasteiger partial charge in [0.25, 0.3) is 0 Å². The Labute approximate surface area is 278 Å². The number of fused-ring (bicyclic) bond motifs is 1. The molecule has 2 aromatic heterocycles. The maximum atomic E-state index is 12.9.